The Hall–Kier alpha value is -0.570. The fourth-order valence-electron chi connectivity index (χ4n) is 0.878. The summed E-state index contributed by atoms with van der Waals surface area (Å²) in [6, 6.07) is 0. The first kappa shape index (κ1) is 17.5. The molecular formula is C9H23NO2. The number of morpholine rings is 1. The van der Waals surface area contributed by atoms with Crippen LogP contribution < -0.4 is 0 Å². The van der Waals surface area contributed by atoms with E-state index >= 15 is 0 Å². The van der Waals surface area contributed by atoms with E-state index in [1.807, 2.05) is 0 Å². The Morgan fingerprint density at radius 2 is 1.58 bits per heavy atom. The second-order valence-corrected chi connectivity index (χ2v) is 2.12. The van der Waals surface area contributed by atoms with Crippen molar-refractivity contribution in [2.75, 3.05) is 26.3 Å². The Kier molecular flexibility index (Phi) is 12.4. The highest BCUT2D eigenvalue weighted by Gasteiger charge is 2.11. The van der Waals surface area contributed by atoms with Gasteiger partial charge in [0, 0.05) is 20.0 Å². The third kappa shape index (κ3) is 5.13. The molecular weight excluding hydrogens is 154 g/mol. The lowest BCUT2D eigenvalue weighted by Gasteiger charge is -2.25. The first-order chi connectivity index (χ1) is 4.30. The van der Waals surface area contributed by atoms with E-state index in [-0.39, 0.29) is 28.2 Å². The third-order valence-corrected chi connectivity index (χ3v) is 1.46. The Labute approximate surface area is 76.7 Å². The van der Waals surface area contributed by atoms with Crippen LogP contribution in [0.15, 0.2) is 0 Å². The number of rotatable bonds is 0. The molecule has 1 fully saturated rings. The van der Waals surface area contributed by atoms with Crippen molar-refractivity contribution in [1.82, 2.24) is 4.90 Å². The Morgan fingerprint density at radius 1 is 1.17 bits per heavy atom. The minimum absolute atomic E-state index is 0. The number of amides is 1. The number of hydrogen-bond donors (Lipinski definition) is 0. The van der Waals surface area contributed by atoms with Crippen LogP contribution in [0.3, 0.4) is 0 Å². The summed E-state index contributed by atoms with van der Waals surface area (Å²) < 4.78 is 5.06. The van der Waals surface area contributed by atoms with Gasteiger partial charge in [-0.25, -0.2) is 0 Å². The molecule has 3 nitrogen and oxygen atoms in total. The molecule has 0 N–H and O–H groups in total. The van der Waals surface area contributed by atoms with Crippen LogP contribution in [0.5, 0.6) is 0 Å². The summed E-state index contributed by atoms with van der Waals surface area (Å²) in [7, 11) is 0. The highest BCUT2D eigenvalue weighted by Crippen LogP contribution is 1.95. The molecule has 0 spiro atoms. The molecule has 0 aromatic carbocycles. The average molecular weight is 177 g/mol. The zero-order valence-electron chi connectivity index (χ0n) is 5.59. The van der Waals surface area contributed by atoms with Gasteiger partial charge >= 0.3 is 0 Å². The predicted octanol–water partition coefficient (Wildman–Crippen LogP) is 1.77. The summed E-state index contributed by atoms with van der Waals surface area (Å²) in [6.45, 7) is 4.50. The highest BCUT2D eigenvalue weighted by atomic mass is 16.5. The molecule has 0 atom stereocenters. The predicted molar refractivity (Wildman–Crippen MR) is 53.3 cm³/mol. The van der Waals surface area contributed by atoms with E-state index in [0.29, 0.717) is 13.2 Å². The summed E-state index contributed by atoms with van der Waals surface area (Å²) in [4.78, 5) is 12.5. The molecule has 0 aromatic rings. The second-order valence-electron chi connectivity index (χ2n) is 2.12. The Morgan fingerprint density at radius 3 is 1.83 bits per heavy atom. The van der Waals surface area contributed by atoms with Gasteiger partial charge in [0.25, 0.3) is 0 Å². The van der Waals surface area contributed by atoms with Crippen molar-refractivity contribution < 1.29 is 9.53 Å². The van der Waals surface area contributed by atoms with Gasteiger partial charge < -0.3 is 9.64 Å². The van der Waals surface area contributed by atoms with Crippen molar-refractivity contribution in [3.8, 4) is 0 Å². The highest BCUT2D eigenvalue weighted by molar-refractivity contribution is 5.73. The second kappa shape index (κ2) is 8.53. The van der Waals surface area contributed by atoms with Gasteiger partial charge in [-0.15, -0.1) is 0 Å². The minimum Gasteiger partial charge on any atom is -0.378 e. The molecule has 3 heteroatoms. The molecule has 0 aliphatic carbocycles. The van der Waals surface area contributed by atoms with Crippen molar-refractivity contribution in [2.24, 2.45) is 0 Å². The van der Waals surface area contributed by atoms with Crippen LogP contribution >= 0.6 is 0 Å². The van der Waals surface area contributed by atoms with Crippen LogP contribution in [-0.4, -0.2) is 37.1 Å². The van der Waals surface area contributed by atoms with Gasteiger partial charge in [-0.1, -0.05) is 22.3 Å². The monoisotopic (exact) mass is 177 g/mol. The van der Waals surface area contributed by atoms with E-state index in [1.54, 1.807) is 11.8 Å². The number of ether oxygens (including phenoxy) is 1. The van der Waals surface area contributed by atoms with Gasteiger partial charge in [0.15, 0.2) is 0 Å². The topological polar surface area (TPSA) is 29.5 Å². The Bertz CT molecular complexity index is 109. The van der Waals surface area contributed by atoms with Gasteiger partial charge in [-0.05, 0) is 0 Å². The van der Waals surface area contributed by atoms with E-state index in [1.165, 1.54) is 0 Å². The lowest BCUT2D eigenvalue weighted by molar-refractivity contribution is -0.132. The SMILES string of the molecule is C.C.C.CC(=O)N1CCOCC1. The summed E-state index contributed by atoms with van der Waals surface area (Å²) in [6.07, 6.45) is 0. The van der Waals surface area contributed by atoms with Crippen molar-refractivity contribution in [2.45, 2.75) is 29.2 Å². The van der Waals surface area contributed by atoms with Crippen molar-refractivity contribution in [3.05, 3.63) is 0 Å². The fourth-order valence-corrected chi connectivity index (χ4v) is 0.878. The number of nitrogens with zero attached hydrogens (tertiary/aromatic N) is 1. The number of hydrogen-bond acceptors (Lipinski definition) is 2. The van der Waals surface area contributed by atoms with Crippen LogP contribution in [0, 0.1) is 0 Å². The molecule has 1 aliphatic rings. The largest absolute Gasteiger partial charge is 0.378 e. The zero-order valence-corrected chi connectivity index (χ0v) is 5.59. The first-order valence-electron chi connectivity index (χ1n) is 3.14. The molecule has 0 unspecified atom stereocenters. The van der Waals surface area contributed by atoms with E-state index in [9.17, 15) is 4.79 Å². The quantitative estimate of drug-likeness (QED) is 0.564. The van der Waals surface area contributed by atoms with E-state index in [0.717, 1.165) is 13.1 Å². The maximum absolute atomic E-state index is 10.7. The smallest absolute Gasteiger partial charge is 0.219 e. The van der Waals surface area contributed by atoms with Gasteiger partial charge in [-0.3, -0.25) is 4.79 Å². The van der Waals surface area contributed by atoms with Gasteiger partial charge in [0.2, 0.25) is 5.91 Å². The molecule has 1 rings (SSSR count). The lowest BCUT2D eigenvalue weighted by atomic mass is 10.4. The van der Waals surface area contributed by atoms with Crippen LogP contribution in [0.25, 0.3) is 0 Å². The van der Waals surface area contributed by atoms with E-state index in [2.05, 4.69) is 0 Å². The molecule has 76 valence electrons. The Balaban J connectivity index is -0.000000270. The molecule has 0 radical (unpaired) electrons. The lowest BCUT2D eigenvalue weighted by Crippen LogP contribution is -2.39. The summed E-state index contributed by atoms with van der Waals surface area (Å²) in [5.74, 6) is 0.151. The van der Waals surface area contributed by atoms with Crippen LogP contribution in [-0.2, 0) is 9.53 Å². The summed E-state index contributed by atoms with van der Waals surface area (Å²) >= 11 is 0. The maximum atomic E-state index is 10.7. The molecule has 0 aromatic heterocycles. The summed E-state index contributed by atoms with van der Waals surface area (Å²) in [5.41, 5.74) is 0. The van der Waals surface area contributed by atoms with E-state index in [4.69, 9.17) is 4.74 Å². The first-order valence-corrected chi connectivity index (χ1v) is 3.14. The number of carbonyl (C=O) groups is 1. The molecule has 1 heterocycles. The van der Waals surface area contributed by atoms with Gasteiger partial charge in [0.05, 0.1) is 13.2 Å². The average Bonchev–Trinajstić information content (AvgIpc) is 1.90. The molecule has 1 saturated heterocycles. The summed E-state index contributed by atoms with van der Waals surface area (Å²) in [5, 5.41) is 0. The molecule has 0 bridgehead atoms. The third-order valence-electron chi connectivity index (χ3n) is 1.46. The van der Waals surface area contributed by atoms with Crippen molar-refractivity contribution >= 4 is 5.91 Å². The molecule has 1 aliphatic heterocycles. The normalized spacial score (nSPS) is 14.9. The molecule has 12 heavy (non-hydrogen) atoms. The van der Waals surface area contributed by atoms with E-state index < -0.39 is 0 Å². The van der Waals surface area contributed by atoms with Gasteiger partial charge in [-0.2, -0.15) is 0 Å². The molecule has 0 saturated carbocycles. The standard InChI is InChI=1S/C6H11NO2.3CH4/c1-6(8)7-2-4-9-5-3-7;;;/h2-5H2,1H3;3*1H4. The van der Waals surface area contributed by atoms with Crippen LogP contribution in [0.1, 0.15) is 29.2 Å². The zero-order chi connectivity index (χ0) is 6.69. The number of carbonyl (C=O) groups excluding carboxylic acids is 1. The van der Waals surface area contributed by atoms with Crippen molar-refractivity contribution in [3.63, 3.8) is 0 Å². The van der Waals surface area contributed by atoms with Gasteiger partial charge in [0.1, 0.15) is 0 Å². The minimum atomic E-state index is 0. The fraction of sp³-hybridized carbons (Fsp3) is 0.889. The van der Waals surface area contributed by atoms with Crippen LogP contribution in [0.2, 0.25) is 0 Å². The maximum Gasteiger partial charge on any atom is 0.219 e. The van der Waals surface area contributed by atoms with Crippen LogP contribution in [0.4, 0.5) is 0 Å². The van der Waals surface area contributed by atoms with Crippen molar-refractivity contribution in [1.29, 1.82) is 0 Å². The molecule has 1 amide bonds.